The molecular weight excluding hydrogens is 132 g/mol. The second-order valence-corrected chi connectivity index (χ2v) is 2.36. The number of nitrogens with zero attached hydrogens (tertiary/aromatic N) is 4. The van der Waals surface area contributed by atoms with E-state index in [2.05, 4.69) is 20.6 Å². The molecule has 0 amide bonds. The molecule has 0 aromatic carbocycles. The Balaban J connectivity index is 2.11. The van der Waals surface area contributed by atoms with Gasteiger partial charge in [0.1, 0.15) is 0 Å². The highest BCUT2D eigenvalue weighted by atomic mass is 15.6. The minimum atomic E-state index is 0.440. The van der Waals surface area contributed by atoms with Crippen molar-refractivity contribution in [2.24, 2.45) is 5.84 Å². The van der Waals surface area contributed by atoms with Crippen molar-refractivity contribution in [1.29, 1.82) is 0 Å². The Morgan fingerprint density at radius 2 is 2.40 bits per heavy atom. The van der Waals surface area contributed by atoms with Gasteiger partial charge in [-0.15, -0.1) is 0 Å². The SMILES string of the molecule is NN(c1nnn[nH]1)C1CC1. The van der Waals surface area contributed by atoms with Crippen molar-refractivity contribution >= 4 is 5.95 Å². The van der Waals surface area contributed by atoms with Crippen molar-refractivity contribution in [2.45, 2.75) is 18.9 Å². The van der Waals surface area contributed by atoms with E-state index in [1.54, 1.807) is 5.01 Å². The van der Waals surface area contributed by atoms with Crippen LogP contribution in [0.15, 0.2) is 0 Å². The summed E-state index contributed by atoms with van der Waals surface area (Å²) in [5, 5.41) is 14.6. The summed E-state index contributed by atoms with van der Waals surface area (Å²) in [7, 11) is 0. The summed E-state index contributed by atoms with van der Waals surface area (Å²) in [6.45, 7) is 0. The molecule has 1 aromatic heterocycles. The van der Waals surface area contributed by atoms with Crippen LogP contribution in [0.4, 0.5) is 5.95 Å². The van der Waals surface area contributed by atoms with Gasteiger partial charge in [-0.05, 0) is 23.3 Å². The smallest absolute Gasteiger partial charge is 0.257 e. The largest absolute Gasteiger partial charge is 0.275 e. The first kappa shape index (κ1) is 5.60. The molecule has 0 aliphatic heterocycles. The molecule has 0 atom stereocenters. The van der Waals surface area contributed by atoms with Crippen molar-refractivity contribution in [3.8, 4) is 0 Å². The molecule has 1 fully saturated rings. The zero-order chi connectivity index (χ0) is 6.97. The molecule has 0 saturated heterocycles. The first-order chi connectivity index (χ1) is 4.88. The van der Waals surface area contributed by atoms with E-state index in [0.717, 1.165) is 12.8 Å². The quantitative estimate of drug-likeness (QED) is 0.408. The number of anilines is 1. The summed E-state index contributed by atoms with van der Waals surface area (Å²) in [6, 6.07) is 0.440. The molecule has 6 nitrogen and oxygen atoms in total. The fourth-order valence-electron chi connectivity index (χ4n) is 0.789. The maximum atomic E-state index is 5.60. The van der Waals surface area contributed by atoms with Crippen LogP contribution in [0.5, 0.6) is 0 Å². The van der Waals surface area contributed by atoms with Crippen LogP contribution in [0.3, 0.4) is 0 Å². The van der Waals surface area contributed by atoms with E-state index >= 15 is 0 Å². The lowest BCUT2D eigenvalue weighted by Crippen LogP contribution is -2.34. The van der Waals surface area contributed by atoms with Crippen LogP contribution in [0.1, 0.15) is 12.8 Å². The molecule has 1 aliphatic carbocycles. The van der Waals surface area contributed by atoms with Crippen molar-refractivity contribution in [2.75, 3.05) is 5.01 Å². The lowest BCUT2D eigenvalue weighted by molar-refractivity contribution is 0.804. The average molecular weight is 140 g/mol. The number of tetrazole rings is 1. The van der Waals surface area contributed by atoms with Crippen molar-refractivity contribution in [3.63, 3.8) is 0 Å². The minimum absolute atomic E-state index is 0.440. The predicted octanol–water partition coefficient (Wildman–Crippen LogP) is -0.958. The van der Waals surface area contributed by atoms with Crippen molar-refractivity contribution in [3.05, 3.63) is 0 Å². The van der Waals surface area contributed by atoms with Crippen LogP contribution in [0.2, 0.25) is 0 Å². The first-order valence-corrected chi connectivity index (χ1v) is 3.15. The van der Waals surface area contributed by atoms with Gasteiger partial charge < -0.3 is 0 Å². The topological polar surface area (TPSA) is 83.7 Å². The zero-order valence-corrected chi connectivity index (χ0v) is 5.36. The van der Waals surface area contributed by atoms with E-state index in [1.807, 2.05) is 0 Å². The fourth-order valence-corrected chi connectivity index (χ4v) is 0.789. The van der Waals surface area contributed by atoms with E-state index in [9.17, 15) is 0 Å². The van der Waals surface area contributed by atoms with E-state index in [1.165, 1.54) is 0 Å². The minimum Gasteiger partial charge on any atom is -0.275 e. The number of nitrogens with two attached hydrogens (primary N) is 1. The molecule has 1 saturated carbocycles. The number of nitrogens with one attached hydrogen (secondary N) is 1. The Bertz CT molecular complexity index is 202. The van der Waals surface area contributed by atoms with Gasteiger partial charge in [0, 0.05) is 6.04 Å². The molecule has 1 heterocycles. The van der Waals surface area contributed by atoms with Crippen LogP contribution in [-0.2, 0) is 0 Å². The Labute approximate surface area is 57.4 Å². The second-order valence-electron chi connectivity index (χ2n) is 2.36. The summed E-state index contributed by atoms with van der Waals surface area (Å²) < 4.78 is 0. The van der Waals surface area contributed by atoms with Crippen LogP contribution in [-0.4, -0.2) is 26.7 Å². The molecule has 0 unspecified atom stereocenters. The molecule has 10 heavy (non-hydrogen) atoms. The molecule has 0 radical (unpaired) electrons. The highest BCUT2D eigenvalue weighted by Crippen LogP contribution is 2.25. The van der Waals surface area contributed by atoms with Crippen LogP contribution in [0.25, 0.3) is 0 Å². The first-order valence-electron chi connectivity index (χ1n) is 3.15. The molecule has 0 spiro atoms. The monoisotopic (exact) mass is 140 g/mol. The Hall–Kier alpha value is -1.17. The number of H-pyrrole nitrogens is 1. The van der Waals surface area contributed by atoms with Gasteiger partial charge in [0.15, 0.2) is 0 Å². The molecule has 6 heteroatoms. The van der Waals surface area contributed by atoms with Gasteiger partial charge in [0.2, 0.25) is 0 Å². The number of hydrogen-bond acceptors (Lipinski definition) is 5. The van der Waals surface area contributed by atoms with Gasteiger partial charge in [0.05, 0.1) is 0 Å². The lowest BCUT2D eigenvalue weighted by atomic mass is 10.7. The Kier molecular flexibility index (Phi) is 1.07. The zero-order valence-electron chi connectivity index (χ0n) is 5.36. The number of hydrogen-bond donors (Lipinski definition) is 2. The summed E-state index contributed by atoms with van der Waals surface area (Å²) in [5.41, 5.74) is 0. The third-order valence-corrected chi connectivity index (χ3v) is 1.52. The highest BCUT2D eigenvalue weighted by Gasteiger charge is 2.28. The molecule has 2 rings (SSSR count). The van der Waals surface area contributed by atoms with Crippen molar-refractivity contribution in [1.82, 2.24) is 20.6 Å². The number of rotatable bonds is 2. The summed E-state index contributed by atoms with van der Waals surface area (Å²) in [6.07, 6.45) is 2.27. The molecule has 54 valence electrons. The lowest BCUT2D eigenvalue weighted by Gasteiger charge is -2.11. The van der Waals surface area contributed by atoms with Gasteiger partial charge in [-0.1, -0.05) is 5.10 Å². The van der Waals surface area contributed by atoms with Crippen molar-refractivity contribution < 1.29 is 0 Å². The Morgan fingerprint density at radius 1 is 1.60 bits per heavy atom. The number of hydrazine groups is 1. The summed E-state index contributed by atoms with van der Waals surface area (Å²) in [5.74, 6) is 6.15. The number of aromatic nitrogens is 4. The third kappa shape index (κ3) is 0.820. The van der Waals surface area contributed by atoms with Crippen LogP contribution >= 0.6 is 0 Å². The van der Waals surface area contributed by atoms with E-state index in [0.29, 0.717) is 12.0 Å². The summed E-state index contributed by atoms with van der Waals surface area (Å²) >= 11 is 0. The molecule has 1 aliphatic rings. The molecule has 1 aromatic rings. The summed E-state index contributed by atoms with van der Waals surface area (Å²) in [4.78, 5) is 0. The van der Waals surface area contributed by atoms with Gasteiger partial charge in [-0.3, -0.25) is 5.01 Å². The average Bonchev–Trinajstić information content (AvgIpc) is 2.65. The van der Waals surface area contributed by atoms with E-state index < -0.39 is 0 Å². The fraction of sp³-hybridized carbons (Fsp3) is 0.750. The van der Waals surface area contributed by atoms with Crippen LogP contribution < -0.4 is 10.9 Å². The van der Waals surface area contributed by atoms with Crippen LogP contribution in [0, 0.1) is 0 Å². The Morgan fingerprint density at radius 3 is 2.90 bits per heavy atom. The molecule has 0 bridgehead atoms. The standard InChI is InChI=1S/C4H8N6/c5-10(3-1-2-3)4-6-8-9-7-4/h3H,1-2,5H2,(H,6,7,8,9). The highest BCUT2D eigenvalue weighted by molar-refractivity contribution is 5.27. The van der Waals surface area contributed by atoms with Gasteiger partial charge in [-0.2, -0.15) is 0 Å². The maximum absolute atomic E-state index is 5.60. The molecular formula is C4H8N6. The van der Waals surface area contributed by atoms with Gasteiger partial charge in [-0.25, -0.2) is 10.9 Å². The van der Waals surface area contributed by atoms with E-state index in [4.69, 9.17) is 5.84 Å². The van der Waals surface area contributed by atoms with Gasteiger partial charge >= 0.3 is 0 Å². The maximum Gasteiger partial charge on any atom is 0.257 e. The third-order valence-electron chi connectivity index (χ3n) is 1.52. The number of aromatic amines is 1. The predicted molar refractivity (Wildman–Crippen MR) is 33.9 cm³/mol. The normalized spacial score (nSPS) is 17.3. The van der Waals surface area contributed by atoms with Gasteiger partial charge in [0.25, 0.3) is 5.95 Å². The van der Waals surface area contributed by atoms with E-state index in [-0.39, 0.29) is 0 Å². The second kappa shape index (κ2) is 1.91. The molecule has 3 N–H and O–H groups in total.